The molecule has 4 heteroatoms. The van der Waals surface area contributed by atoms with Crippen molar-refractivity contribution >= 4 is 17.6 Å². The van der Waals surface area contributed by atoms with Crippen LogP contribution in [0.3, 0.4) is 0 Å². The molecule has 1 amide bonds. The van der Waals surface area contributed by atoms with E-state index in [1.165, 1.54) is 5.56 Å². The minimum atomic E-state index is -0.789. The number of aliphatic carboxylic acids is 1. The maximum atomic E-state index is 12.1. The first kappa shape index (κ1) is 13.6. The van der Waals surface area contributed by atoms with Gasteiger partial charge in [0.2, 0.25) is 5.91 Å². The number of aryl methyl sites for hydroxylation is 1. The second-order valence-electron chi connectivity index (χ2n) is 5.09. The number of benzene rings is 1. The molecule has 1 aliphatic carbocycles. The molecule has 0 unspecified atom stereocenters. The molecule has 2 N–H and O–H groups in total. The second-order valence-corrected chi connectivity index (χ2v) is 5.09. The van der Waals surface area contributed by atoms with Gasteiger partial charge in [-0.25, -0.2) is 0 Å². The SMILES string of the molecule is CCc1cccc(NC(=O)[C@@H]2CC[C@H](C(=O)O)C2)c1. The van der Waals surface area contributed by atoms with Gasteiger partial charge in [-0.05, 0) is 43.4 Å². The fourth-order valence-electron chi connectivity index (χ4n) is 2.56. The zero-order valence-electron chi connectivity index (χ0n) is 11.1. The quantitative estimate of drug-likeness (QED) is 0.875. The van der Waals surface area contributed by atoms with E-state index in [9.17, 15) is 9.59 Å². The van der Waals surface area contributed by atoms with E-state index in [0.717, 1.165) is 12.1 Å². The molecule has 2 rings (SSSR count). The number of carboxylic acid groups (broad SMARTS) is 1. The third-order valence-corrected chi connectivity index (χ3v) is 3.76. The Balaban J connectivity index is 1.96. The summed E-state index contributed by atoms with van der Waals surface area (Å²) < 4.78 is 0. The number of carbonyl (C=O) groups excluding carboxylic acids is 1. The minimum Gasteiger partial charge on any atom is -0.481 e. The molecule has 102 valence electrons. The van der Waals surface area contributed by atoms with Crippen molar-refractivity contribution in [2.75, 3.05) is 5.32 Å². The molecule has 0 spiro atoms. The molecule has 2 atom stereocenters. The van der Waals surface area contributed by atoms with Crippen molar-refractivity contribution in [3.63, 3.8) is 0 Å². The Morgan fingerprint density at radius 3 is 2.68 bits per heavy atom. The third kappa shape index (κ3) is 3.34. The van der Waals surface area contributed by atoms with Crippen molar-refractivity contribution in [2.24, 2.45) is 11.8 Å². The van der Waals surface area contributed by atoms with Crippen LogP contribution in [-0.2, 0) is 16.0 Å². The second kappa shape index (κ2) is 5.87. The normalized spacial score (nSPS) is 22.2. The van der Waals surface area contributed by atoms with E-state index in [0.29, 0.717) is 19.3 Å². The van der Waals surface area contributed by atoms with Crippen molar-refractivity contribution in [3.8, 4) is 0 Å². The van der Waals surface area contributed by atoms with Crippen LogP contribution in [0, 0.1) is 11.8 Å². The molecule has 0 radical (unpaired) electrons. The number of carboxylic acids is 1. The molecule has 4 nitrogen and oxygen atoms in total. The van der Waals surface area contributed by atoms with Crippen LogP contribution in [0.25, 0.3) is 0 Å². The van der Waals surface area contributed by atoms with Gasteiger partial charge in [-0.1, -0.05) is 19.1 Å². The Labute approximate surface area is 112 Å². The van der Waals surface area contributed by atoms with Crippen LogP contribution in [-0.4, -0.2) is 17.0 Å². The van der Waals surface area contributed by atoms with E-state index in [2.05, 4.69) is 12.2 Å². The van der Waals surface area contributed by atoms with Gasteiger partial charge in [-0.3, -0.25) is 9.59 Å². The molecule has 1 aliphatic rings. The fourth-order valence-corrected chi connectivity index (χ4v) is 2.56. The summed E-state index contributed by atoms with van der Waals surface area (Å²) in [5.74, 6) is -1.38. The Bertz CT molecular complexity index is 484. The molecule has 0 bridgehead atoms. The summed E-state index contributed by atoms with van der Waals surface area (Å²) in [7, 11) is 0. The first-order chi connectivity index (χ1) is 9.10. The molecule has 0 aliphatic heterocycles. The number of carbonyl (C=O) groups is 2. The van der Waals surface area contributed by atoms with Gasteiger partial charge in [0.05, 0.1) is 5.92 Å². The van der Waals surface area contributed by atoms with E-state index in [-0.39, 0.29) is 17.7 Å². The molecule has 19 heavy (non-hydrogen) atoms. The van der Waals surface area contributed by atoms with Gasteiger partial charge < -0.3 is 10.4 Å². The Morgan fingerprint density at radius 2 is 2.05 bits per heavy atom. The summed E-state index contributed by atoms with van der Waals surface area (Å²) >= 11 is 0. The Hall–Kier alpha value is -1.84. The smallest absolute Gasteiger partial charge is 0.306 e. The van der Waals surface area contributed by atoms with Crippen LogP contribution in [0.2, 0.25) is 0 Å². The molecule has 0 heterocycles. The molecular formula is C15H19NO3. The highest BCUT2D eigenvalue weighted by Gasteiger charge is 2.33. The van der Waals surface area contributed by atoms with Gasteiger partial charge in [0.1, 0.15) is 0 Å². The summed E-state index contributed by atoms with van der Waals surface area (Å²) in [6.45, 7) is 2.06. The van der Waals surface area contributed by atoms with Gasteiger partial charge >= 0.3 is 5.97 Å². The number of anilines is 1. The number of hydrogen-bond acceptors (Lipinski definition) is 2. The van der Waals surface area contributed by atoms with Gasteiger partial charge in [0.25, 0.3) is 0 Å². The van der Waals surface area contributed by atoms with Gasteiger partial charge in [-0.2, -0.15) is 0 Å². The van der Waals surface area contributed by atoms with Crippen LogP contribution >= 0.6 is 0 Å². The van der Waals surface area contributed by atoms with Crippen LogP contribution in [0.15, 0.2) is 24.3 Å². The molecule has 1 fully saturated rings. The lowest BCUT2D eigenvalue weighted by Gasteiger charge is -2.11. The van der Waals surface area contributed by atoms with E-state index in [1.54, 1.807) is 0 Å². The molecule has 0 aromatic heterocycles. The Morgan fingerprint density at radius 1 is 1.32 bits per heavy atom. The highest BCUT2D eigenvalue weighted by molar-refractivity contribution is 5.93. The van der Waals surface area contributed by atoms with E-state index < -0.39 is 5.97 Å². The summed E-state index contributed by atoms with van der Waals surface area (Å²) in [5.41, 5.74) is 1.97. The topological polar surface area (TPSA) is 66.4 Å². The summed E-state index contributed by atoms with van der Waals surface area (Å²) in [4.78, 5) is 23.0. The van der Waals surface area contributed by atoms with Crippen molar-refractivity contribution < 1.29 is 14.7 Å². The van der Waals surface area contributed by atoms with Crippen molar-refractivity contribution in [2.45, 2.75) is 32.6 Å². The zero-order chi connectivity index (χ0) is 13.8. The van der Waals surface area contributed by atoms with Crippen molar-refractivity contribution in [1.82, 2.24) is 0 Å². The summed E-state index contributed by atoms with van der Waals surface area (Å²) in [5, 5.41) is 11.8. The summed E-state index contributed by atoms with van der Waals surface area (Å²) in [6, 6.07) is 7.76. The lowest BCUT2D eigenvalue weighted by molar-refractivity contribution is -0.141. The predicted molar refractivity (Wildman–Crippen MR) is 72.9 cm³/mol. The lowest BCUT2D eigenvalue weighted by Crippen LogP contribution is -2.21. The zero-order valence-corrected chi connectivity index (χ0v) is 11.1. The predicted octanol–water partition coefficient (Wildman–Crippen LogP) is 2.69. The third-order valence-electron chi connectivity index (χ3n) is 3.76. The molecule has 0 saturated heterocycles. The van der Waals surface area contributed by atoms with Crippen molar-refractivity contribution in [3.05, 3.63) is 29.8 Å². The largest absolute Gasteiger partial charge is 0.481 e. The maximum Gasteiger partial charge on any atom is 0.306 e. The highest BCUT2D eigenvalue weighted by atomic mass is 16.4. The average Bonchev–Trinajstić information content (AvgIpc) is 2.89. The van der Waals surface area contributed by atoms with E-state index >= 15 is 0 Å². The van der Waals surface area contributed by atoms with Crippen LogP contribution < -0.4 is 5.32 Å². The van der Waals surface area contributed by atoms with Crippen LogP contribution in [0.4, 0.5) is 5.69 Å². The maximum absolute atomic E-state index is 12.1. The van der Waals surface area contributed by atoms with Crippen LogP contribution in [0.1, 0.15) is 31.7 Å². The number of rotatable bonds is 4. The van der Waals surface area contributed by atoms with Gasteiger partial charge in [-0.15, -0.1) is 0 Å². The molecular weight excluding hydrogens is 242 g/mol. The fraction of sp³-hybridized carbons (Fsp3) is 0.467. The highest BCUT2D eigenvalue weighted by Crippen LogP contribution is 2.31. The standard InChI is InChI=1S/C15H19NO3/c1-2-10-4-3-5-13(8-10)16-14(17)11-6-7-12(9-11)15(18)19/h3-5,8,11-12H,2,6-7,9H2,1H3,(H,16,17)(H,18,19)/t11-,12+/m1/s1. The monoisotopic (exact) mass is 261 g/mol. The minimum absolute atomic E-state index is 0.0583. The number of hydrogen-bond donors (Lipinski definition) is 2. The van der Waals surface area contributed by atoms with Crippen LogP contribution in [0.5, 0.6) is 0 Å². The molecule has 1 saturated carbocycles. The first-order valence-electron chi connectivity index (χ1n) is 6.72. The summed E-state index contributed by atoms with van der Waals surface area (Å²) in [6.07, 6.45) is 2.64. The molecule has 1 aromatic carbocycles. The first-order valence-corrected chi connectivity index (χ1v) is 6.72. The average molecular weight is 261 g/mol. The van der Waals surface area contributed by atoms with Gasteiger partial charge in [0, 0.05) is 11.6 Å². The van der Waals surface area contributed by atoms with E-state index in [4.69, 9.17) is 5.11 Å². The molecule has 1 aromatic rings. The lowest BCUT2D eigenvalue weighted by atomic mass is 10.0. The number of amides is 1. The number of nitrogens with one attached hydrogen (secondary N) is 1. The van der Waals surface area contributed by atoms with Gasteiger partial charge in [0.15, 0.2) is 0 Å². The Kier molecular flexibility index (Phi) is 4.20. The van der Waals surface area contributed by atoms with Crippen molar-refractivity contribution in [1.29, 1.82) is 0 Å². The van der Waals surface area contributed by atoms with E-state index in [1.807, 2.05) is 24.3 Å².